The van der Waals surface area contributed by atoms with Gasteiger partial charge in [0, 0.05) is 10.7 Å². The fraction of sp³-hybridized carbons (Fsp3) is 0.200. The molecular formula is C10H8N2O2. The molecule has 1 aromatic rings. The van der Waals surface area contributed by atoms with E-state index in [0.717, 1.165) is 0 Å². The maximum absolute atomic E-state index is 11.0. The van der Waals surface area contributed by atoms with Crippen molar-refractivity contribution in [2.24, 2.45) is 5.18 Å². The summed E-state index contributed by atoms with van der Waals surface area (Å²) in [5.41, 5.74) is 1.68. The molecule has 0 saturated carbocycles. The predicted octanol–water partition coefficient (Wildman–Crippen LogP) is 1.97. The van der Waals surface area contributed by atoms with Gasteiger partial charge in [0.25, 0.3) is 0 Å². The molecule has 0 fully saturated rings. The molecule has 14 heavy (non-hydrogen) atoms. The van der Waals surface area contributed by atoms with Gasteiger partial charge >= 0.3 is 5.91 Å². The Kier molecular flexibility index (Phi) is 3.08. The van der Waals surface area contributed by atoms with E-state index in [0.29, 0.717) is 11.1 Å². The summed E-state index contributed by atoms with van der Waals surface area (Å²) < 4.78 is 0. The zero-order valence-corrected chi connectivity index (χ0v) is 7.65. The lowest BCUT2D eigenvalue weighted by Gasteiger charge is -2.01. The molecule has 0 aromatic heterocycles. The van der Waals surface area contributed by atoms with Gasteiger partial charge in [0.05, 0.1) is 12.5 Å². The van der Waals surface area contributed by atoms with Crippen molar-refractivity contribution in [2.75, 3.05) is 0 Å². The average molecular weight is 188 g/mol. The molecule has 0 aliphatic carbocycles. The number of nitrogens with zero attached hydrogens (tertiary/aromatic N) is 2. The molecule has 1 rings (SSSR count). The summed E-state index contributed by atoms with van der Waals surface area (Å²) >= 11 is 0. The zero-order valence-electron chi connectivity index (χ0n) is 7.65. The van der Waals surface area contributed by atoms with Gasteiger partial charge in [-0.2, -0.15) is 5.26 Å². The Morgan fingerprint density at radius 2 is 2.29 bits per heavy atom. The quantitative estimate of drug-likeness (QED) is 0.666. The number of benzene rings is 1. The standard InChI is InChI=1S/C10H8N2O2/c1-7-2-3-8(4-5-11)6-9(7)10(13)12-14/h2-3,6H,4H2,1H3. The lowest BCUT2D eigenvalue weighted by Crippen LogP contribution is -1.98. The highest BCUT2D eigenvalue weighted by molar-refractivity contribution is 5.96. The molecular weight excluding hydrogens is 180 g/mol. The second-order valence-corrected chi connectivity index (χ2v) is 2.88. The molecule has 1 amide bonds. The smallest absolute Gasteiger partial charge is 0.263 e. The summed E-state index contributed by atoms with van der Waals surface area (Å²) in [7, 11) is 0. The van der Waals surface area contributed by atoms with E-state index in [1.807, 2.05) is 6.07 Å². The van der Waals surface area contributed by atoms with E-state index in [2.05, 4.69) is 5.18 Å². The summed E-state index contributed by atoms with van der Waals surface area (Å²) in [5, 5.41) is 10.8. The van der Waals surface area contributed by atoms with Crippen molar-refractivity contribution in [3.8, 4) is 6.07 Å². The molecule has 0 heterocycles. The van der Waals surface area contributed by atoms with Crippen LogP contribution >= 0.6 is 0 Å². The molecule has 0 saturated heterocycles. The van der Waals surface area contributed by atoms with Crippen molar-refractivity contribution in [1.29, 1.82) is 5.26 Å². The van der Waals surface area contributed by atoms with Crippen LogP contribution in [-0.2, 0) is 6.42 Å². The van der Waals surface area contributed by atoms with E-state index < -0.39 is 5.91 Å². The molecule has 70 valence electrons. The monoisotopic (exact) mass is 188 g/mol. The van der Waals surface area contributed by atoms with Crippen LogP contribution in [0.15, 0.2) is 23.4 Å². The Morgan fingerprint density at radius 1 is 1.57 bits per heavy atom. The van der Waals surface area contributed by atoms with E-state index in [9.17, 15) is 9.70 Å². The van der Waals surface area contributed by atoms with E-state index in [-0.39, 0.29) is 12.0 Å². The number of hydrogen-bond donors (Lipinski definition) is 0. The highest BCUT2D eigenvalue weighted by atomic mass is 16.3. The van der Waals surface area contributed by atoms with Gasteiger partial charge in [0.1, 0.15) is 0 Å². The first-order chi connectivity index (χ1) is 6.69. The number of rotatable bonds is 2. The van der Waals surface area contributed by atoms with Gasteiger partial charge in [-0.1, -0.05) is 12.1 Å². The van der Waals surface area contributed by atoms with Crippen molar-refractivity contribution in [1.82, 2.24) is 0 Å². The molecule has 1 aromatic carbocycles. The van der Waals surface area contributed by atoms with Crippen LogP contribution in [0, 0.1) is 23.2 Å². The summed E-state index contributed by atoms with van der Waals surface area (Å²) in [4.78, 5) is 21.1. The Bertz CT molecular complexity index is 419. The van der Waals surface area contributed by atoms with Crippen LogP contribution in [0.25, 0.3) is 0 Å². The Labute approximate surface area is 81.1 Å². The Hall–Kier alpha value is -2.02. The fourth-order valence-electron chi connectivity index (χ4n) is 1.15. The molecule has 4 heteroatoms. The summed E-state index contributed by atoms with van der Waals surface area (Å²) in [6.07, 6.45) is 0.222. The topological polar surface area (TPSA) is 70.3 Å². The van der Waals surface area contributed by atoms with Gasteiger partial charge in [-0.3, -0.25) is 4.79 Å². The van der Waals surface area contributed by atoms with Crippen molar-refractivity contribution < 1.29 is 4.79 Å². The lowest BCUT2D eigenvalue weighted by molar-refractivity contribution is 0.1000. The van der Waals surface area contributed by atoms with Crippen LogP contribution < -0.4 is 0 Å². The largest absolute Gasteiger partial charge is 0.317 e. The maximum Gasteiger partial charge on any atom is 0.317 e. The maximum atomic E-state index is 11.0. The second kappa shape index (κ2) is 4.28. The molecule has 0 spiro atoms. The van der Waals surface area contributed by atoms with Crippen molar-refractivity contribution >= 4 is 5.91 Å². The predicted molar refractivity (Wildman–Crippen MR) is 50.6 cm³/mol. The van der Waals surface area contributed by atoms with Gasteiger partial charge in [0.2, 0.25) is 0 Å². The van der Waals surface area contributed by atoms with Crippen molar-refractivity contribution in [3.05, 3.63) is 39.8 Å². The molecule has 0 N–H and O–H groups in total. The van der Waals surface area contributed by atoms with Gasteiger partial charge in [-0.05, 0) is 24.1 Å². The zero-order chi connectivity index (χ0) is 10.6. The van der Waals surface area contributed by atoms with Crippen molar-refractivity contribution in [3.63, 3.8) is 0 Å². The summed E-state index contributed by atoms with van der Waals surface area (Å²) in [6.45, 7) is 1.72. The third-order valence-electron chi connectivity index (χ3n) is 1.90. The molecule has 0 aliphatic rings. The van der Waals surface area contributed by atoms with E-state index >= 15 is 0 Å². The second-order valence-electron chi connectivity index (χ2n) is 2.88. The minimum Gasteiger partial charge on any atom is -0.263 e. The third-order valence-corrected chi connectivity index (χ3v) is 1.90. The Balaban J connectivity index is 3.15. The van der Waals surface area contributed by atoms with Crippen molar-refractivity contribution in [2.45, 2.75) is 13.3 Å². The van der Waals surface area contributed by atoms with E-state index in [1.165, 1.54) is 6.07 Å². The third kappa shape index (κ3) is 2.02. The molecule has 0 unspecified atom stereocenters. The van der Waals surface area contributed by atoms with Gasteiger partial charge in [-0.25, -0.2) is 0 Å². The average Bonchev–Trinajstić information content (AvgIpc) is 2.20. The number of hydrogen-bond acceptors (Lipinski definition) is 3. The van der Waals surface area contributed by atoms with Crippen LogP contribution in [0.4, 0.5) is 0 Å². The van der Waals surface area contributed by atoms with Crippen LogP contribution in [0.3, 0.4) is 0 Å². The van der Waals surface area contributed by atoms with Crippen LogP contribution in [-0.4, -0.2) is 5.91 Å². The van der Waals surface area contributed by atoms with Gasteiger partial charge in [0.15, 0.2) is 0 Å². The molecule has 0 atom stereocenters. The Morgan fingerprint density at radius 3 is 2.86 bits per heavy atom. The minimum absolute atomic E-state index is 0.222. The highest BCUT2D eigenvalue weighted by Crippen LogP contribution is 2.12. The molecule has 4 nitrogen and oxygen atoms in total. The number of amides is 1. The first-order valence-electron chi connectivity index (χ1n) is 4.03. The van der Waals surface area contributed by atoms with E-state index in [4.69, 9.17) is 5.26 Å². The van der Waals surface area contributed by atoms with Crippen LogP contribution in [0.5, 0.6) is 0 Å². The number of carbonyl (C=O) groups is 1. The summed E-state index contributed by atoms with van der Waals surface area (Å²) in [5.74, 6) is -0.790. The summed E-state index contributed by atoms with van der Waals surface area (Å²) in [6, 6.07) is 6.95. The molecule has 0 bridgehead atoms. The van der Waals surface area contributed by atoms with Gasteiger partial charge in [-0.15, -0.1) is 4.91 Å². The SMILES string of the molecule is Cc1ccc(CC#N)cc1C(=O)N=O. The number of aryl methyl sites for hydroxylation is 1. The van der Waals surface area contributed by atoms with E-state index in [1.54, 1.807) is 19.1 Å². The fourth-order valence-corrected chi connectivity index (χ4v) is 1.15. The normalized spacial score (nSPS) is 9.14. The number of nitroso groups, excluding NO2 is 1. The molecule has 0 aliphatic heterocycles. The molecule has 0 radical (unpaired) electrons. The van der Waals surface area contributed by atoms with Crippen LogP contribution in [0.1, 0.15) is 21.5 Å². The number of nitriles is 1. The lowest BCUT2D eigenvalue weighted by atomic mass is 10.0. The first-order valence-corrected chi connectivity index (χ1v) is 4.03. The highest BCUT2D eigenvalue weighted by Gasteiger charge is 2.09. The number of carbonyl (C=O) groups excluding carboxylic acids is 1. The first kappa shape index (κ1) is 10.1. The minimum atomic E-state index is -0.790. The van der Waals surface area contributed by atoms with Crippen LogP contribution in [0.2, 0.25) is 0 Å². The van der Waals surface area contributed by atoms with Gasteiger partial charge < -0.3 is 0 Å².